The molecule has 0 N–H and O–H groups in total. The summed E-state index contributed by atoms with van der Waals surface area (Å²) >= 11 is 0. The fraction of sp³-hybridized carbons (Fsp3) is 0.294. The number of ether oxygens (including phenoxy) is 1. The third kappa shape index (κ3) is 1.86. The van der Waals surface area contributed by atoms with Crippen LogP contribution >= 0.6 is 0 Å². The molecule has 1 nitrogen and oxygen atoms in total. The van der Waals surface area contributed by atoms with Crippen LogP contribution in [0.4, 0.5) is 0 Å². The number of aryl methyl sites for hydroxylation is 1. The van der Waals surface area contributed by atoms with Gasteiger partial charge < -0.3 is 4.74 Å². The number of rotatable bonds is 1. The highest BCUT2D eigenvalue weighted by Gasteiger charge is 2.25. The summed E-state index contributed by atoms with van der Waals surface area (Å²) in [7, 11) is 6.10. The molecule has 0 aromatic heterocycles. The summed E-state index contributed by atoms with van der Waals surface area (Å²) in [4.78, 5) is 0. The minimum absolute atomic E-state index is 0.726. The zero-order chi connectivity index (χ0) is 13.6. The lowest BCUT2D eigenvalue weighted by molar-refractivity contribution is 0.227. The molecule has 0 bridgehead atoms. The molecule has 94 valence electrons. The van der Waals surface area contributed by atoms with Crippen molar-refractivity contribution in [3.05, 3.63) is 47.0 Å². The summed E-state index contributed by atoms with van der Waals surface area (Å²) in [6.07, 6.45) is 5.04. The van der Waals surface area contributed by atoms with Gasteiger partial charge in [0.15, 0.2) is 0 Å². The standard InChI is InChI=1S/C17H17BO/c1-4-12-11(2)13-7-5-6-8-14(13)16-15(12)9-10-17(3,18)19-16/h5-10H,4H2,1-3H3. The van der Waals surface area contributed by atoms with Crippen LogP contribution < -0.4 is 4.74 Å². The van der Waals surface area contributed by atoms with Crippen LogP contribution in [0.2, 0.25) is 0 Å². The predicted octanol–water partition coefficient (Wildman–Crippen LogP) is 4.00. The van der Waals surface area contributed by atoms with Crippen LogP contribution in [0.3, 0.4) is 0 Å². The molecule has 1 heterocycles. The normalized spacial score (nSPS) is 21.2. The molecule has 0 saturated heterocycles. The van der Waals surface area contributed by atoms with Crippen LogP contribution in [0.5, 0.6) is 5.75 Å². The van der Waals surface area contributed by atoms with Gasteiger partial charge in [0, 0.05) is 10.9 Å². The largest absolute Gasteiger partial charge is 0.492 e. The van der Waals surface area contributed by atoms with Crippen molar-refractivity contribution in [1.82, 2.24) is 0 Å². The first-order chi connectivity index (χ1) is 9.03. The molecular formula is C17H17BO. The Bertz CT molecular complexity index is 683. The second kappa shape index (κ2) is 4.16. The van der Waals surface area contributed by atoms with E-state index in [4.69, 9.17) is 12.6 Å². The summed E-state index contributed by atoms with van der Waals surface area (Å²) in [5.74, 6) is 0.922. The number of hydrogen-bond acceptors (Lipinski definition) is 1. The summed E-state index contributed by atoms with van der Waals surface area (Å²) < 4.78 is 6.02. The molecule has 0 fully saturated rings. The van der Waals surface area contributed by atoms with E-state index >= 15 is 0 Å². The number of benzene rings is 2. The van der Waals surface area contributed by atoms with Gasteiger partial charge in [0.1, 0.15) is 13.6 Å². The highest BCUT2D eigenvalue weighted by atomic mass is 16.5. The lowest BCUT2D eigenvalue weighted by Gasteiger charge is -2.31. The average molecular weight is 248 g/mol. The third-order valence-corrected chi connectivity index (χ3v) is 3.85. The van der Waals surface area contributed by atoms with Crippen LogP contribution in [0, 0.1) is 6.92 Å². The molecule has 2 heteroatoms. The maximum atomic E-state index is 6.10. The molecule has 2 aromatic rings. The lowest BCUT2D eigenvalue weighted by atomic mass is 9.79. The molecule has 1 aliphatic rings. The van der Waals surface area contributed by atoms with E-state index in [1.165, 1.54) is 22.1 Å². The smallest absolute Gasteiger partial charge is 0.137 e. The van der Waals surface area contributed by atoms with Gasteiger partial charge in [0.05, 0.1) is 5.50 Å². The highest BCUT2D eigenvalue weighted by Crippen LogP contribution is 2.41. The van der Waals surface area contributed by atoms with Crippen molar-refractivity contribution in [3.8, 4) is 5.75 Å². The summed E-state index contributed by atoms with van der Waals surface area (Å²) in [6.45, 7) is 6.25. The Morgan fingerprint density at radius 3 is 2.58 bits per heavy atom. The van der Waals surface area contributed by atoms with Crippen LogP contribution in [0.25, 0.3) is 16.8 Å². The molecular weight excluding hydrogens is 231 g/mol. The van der Waals surface area contributed by atoms with E-state index in [9.17, 15) is 0 Å². The Kier molecular flexibility index (Phi) is 2.70. The van der Waals surface area contributed by atoms with Gasteiger partial charge in [-0.05, 0) is 36.8 Å². The average Bonchev–Trinajstić information content (AvgIpc) is 2.40. The minimum atomic E-state index is -0.726. The van der Waals surface area contributed by atoms with Crippen molar-refractivity contribution < 1.29 is 4.74 Å². The van der Waals surface area contributed by atoms with E-state index < -0.39 is 5.50 Å². The molecule has 0 aliphatic carbocycles. The van der Waals surface area contributed by atoms with E-state index in [1.54, 1.807) is 0 Å². The Morgan fingerprint density at radius 2 is 1.89 bits per heavy atom. The molecule has 1 aliphatic heterocycles. The van der Waals surface area contributed by atoms with Crippen LogP contribution in [-0.2, 0) is 6.42 Å². The van der Waals surface area contributed by atoms with Gasteiger partial charge >= 0.3 is 0 Å². The predicted molar refractivity (Wildman–Crippen MR) is 81.9 cm³/mol. The molecule has 0 saturated carbocycles. The van der Waals surface area contributed by atoms with E-state index in [2.05, 4.69) is 38.1 Å². The first kappa shape index (κ1) is 12.3. The number of fused-ring (bicyclic) bond motifs is 3. The Balaban J connectivity index is 2.43. The van der Waals surface area contributed by atoms with E-state index in [0.29, 0.717) is 0 Å². The molecule has 3 rings (SSSR count). The van der Waals surface area contributed by atoms with Crippen LogP contribution in [0.15, 0.2) is 30.3 Å². The van der Waals surface area contributed by atoms with E-state index in [-0.39, 0.29) is 0 Å². The van der Waals surface area contributed by atoms with Crippen LogP contribution in [0.1, 0.15) is 30.5 Å². The van der Waals surface area contributed by atoms with Gasteiger partial charge in [0.2, 0.25) is 0 Å². The summed E-state index contributed by atoms with van der Waals surface area (Å²) in [6, 6.07) is 8.38. The zero-order valence-corrected chi connectivity index (χ0v) is 11.7. The van der Waals surface area contributed by atoms with Crippen molar-refractivity contribution in [1.29, 1.82) is 0 Å². The van der Waals surface area contributed by atoms with E-state index in [0.717, 1.165) is 17.6 Å². The highest BCUT2D eigenvalue weighted by molar-refractivity contribution is 6.17. The van der Waals surface area contributed by atoms with E-state index in [1.807, 2.05) is 19.1 Å². The fourth-order valence-corrected chi connectivity index (χ4v) is 2.90. The topological polar surface area (TPSA) is 9.23 Å². The summed E-state index contributed by atoms with van der Waals surface area (Å²) in [5, 5.41) is 2.40. The van der Waals surface area contributed by atoms with Gasteiger partial charge in [-0.15, -0.1) is 0 Å². The molecule has 19 heavy (non-hydrogen) atoms. The third-order valence-electron chi connectivity index (χ3n) is 3.85. The molecule has 0 spiro atoms. The van der Waals surface area contributed by atoms with Gasteiger partial charge in [-0.2, -0.15) is 0 Å². The maximum Gasteiger partial charge on any atom is 0.137 e. The minimum Gasteiger partial charge on any atom is -0.492 e. The monoisotopic (exact) mass is 248 g/mol. The molecule has 0 amide bonds. The molecule has 1 atom stereocenters. The molecule has 1 unspecified atom stereocenters. The second-order valence-electron chi connectivity index (χ2n) is 5.36. The quantitative estimate of drug-likeness (QED) is 0.693. The summed E-state index contributed by atoms with van der Waals surface area (Å²) in [5.41, 5.74) is 3.14. The van der Waals surface area contributed by atoms with Gasteiger partial charge in [-0.3, -0.25) is 0 Å². The Labute approximate surface area is 115 Å². The second-order valence-corrected chi connectivity index (χ2v) is 5.36. The first-order valence-electron chi connectivity index (χ1n) is 6.75. The van der Waals surface area contributed by atoms with Crippen molar-refractivity contribution in [2.75, 3.05) is 0 Å². The first-order valence-corrected chi connectivity index (χ1v) is 6.75. The van der Waals surface area contributed by atoms with Crippen molar-refractivity contribution in [3.63, 3.8) is 0 Å². The Morgan fingerprint density at radius 1 is 1.21 bits per heavy atom. The molecule has 2 aromatic carbocycles. The van der Waals surface area contributed by atoms with Crippen molar-refractivity contribution in [2.24, 2.45) is 0 Å². The Hall–Kier alpha value is -1.70. The fourth-order valence-electron chi connectivity index (χ4n) is 2.90. The van der Waals surface area contributed by atoms with Gasteiger partial charge in [-0.1, -0.05) is 43.3 Å². The maximum absolute atomic E-state index is 6.10. The van der Waals surface area contributed by atoms with Crippen molar-refractivity contribution in [2.45, 2.75) is 32.7 Å². The zero-order valence-electron chi connectivity index (χ0n) is 11.7. The lowest BCUT2D eigenvalue weighted by Crippen LogP contribution is -2.32. The van der Waals surface area contributed by atoms with Gasteiger partial charge in [0.25, 0.3) is 0 Å². The van der Waals surface area contributed by atoms with Gasteiger partial charge in [-0.25, -0.2) is 0 Å². The number of hydrogen-bond donors (Lipinski definition) is 0. The SMILES string of the molecule is [B]C1(C)C=Cc2c(CC)c(C)c3ccccc3c2O1. The van der Waals surface area contributed by atoms with Crippen LogP contribution in [-0.4, -0.2) is 13.3 Å². The molecule has 2 radical (unpaired) electrons. The van der Waals surface area contributed by atoms with Crippen molar-refractivity contribution >= 4 is 24.7 Å².